The molecular formula is C25H27N3O2. The number of likely N-dealkylation sites (tertiary alicyclic amines) is 1. The number of aromatic nitrogens is 1. The van der Waals surface area contributed by atoms with Crippen molar-refractivity contribution in [2.75, 3.05) is 25.5 Å². The summed E-state index contributed by atoms with van der Waals surface area (Å²) >= 11 is 0. The molecule has 0 saturated carbocycles. The van der Waals surface area contributed by atoms with Crippen LogP contribution in [0.1, 0.15) is 40.9 Å². The molecule has 1 amide bonds. The minimum atomic E-state index is -0.189. The SMILES string of the molecule is COc1ccc2c(c1)NC1(CCCN(C(=O)c3ccc(C)cc3)CC1)c1cccn1-2. The lowest BCUT2D eigenvalue weighted by atomic mass is 9.84. The Balaban J connectivity index is 1.44. The number of nitrogens with one attached hydrogen (secondary N) is 1. The second-order valence-corrected chi connectivity index (χ2v) is 8.37. The van der Waals surface area contributed by atoms with E-state index in [0.717, 1.165) is 55.0 Å². The van der Waals surface area contributed by atoms with Gasteiger partial charge in [-0.25, -0.2) is 0 Å². The maximum atomic E-state index is 13.1. The summed E-state index contributed by atoms with van der Waals surface area (Å²) in [6.07, 6.45) is 4.93. The molecule has 1 saturated heterocycles. The molecule has 3 heterocycles. The van der Waals surface area contributed by atoms with Gasteiger partial charge in [0.05, 0.1) is 24.0 Å². The number of carbonyl (C=O) groups is 1. The Morgan fingerprint density at radius 1 is 1.07 bits per heavy atom. The van der Waals surface area contributed by atoms with Gasteiger partial charge in [0, 0.05) is 36.6 Å². The molecule has 2 aliphatic heterocycles. The summed E-state index contributed by atoms with van der Waals surface area (Å²) in [5.41, 5.74) is 5.24. The fourth-order valence-corrected chi connectivity index (χ4v) is 4.85. The van der Waals surface area contributed by atoms with Crippen LogP contribution in [0.4, 0.5) is 5.69 Å². The Morgan fingerprint density at radius 3 is 2.70 bits per heavy atom. The first-order valence-corrected chi connectivity index (χ1v) is 10.6. The number of hydrogen-bond donors (Lipinski definition) is 1. The molecule has 0 bridgehead atoms. The maximum Gasteiger partial charge on any atom is 0.253 e. The topological polar surface area (TPSA) is 46.5 Å². The summed E-state index contributed by atoms with van der Waals surface area (Å²) in [6, 6.07) is 18.4. The van der Waals surface area contributed by atoms with Crippen LogP contribution in [0.15, 0.2) is 60.8 Å². The van der Waals surface area contributed by atoms with E-state index in [1.165, 1.54) is 11.3 Å². The van der Waals surface area contributed by atoms with E-state index in [0.29, 0.717) is 0 Å². The molecule has 1 fully saturated rings. The molecule has 5 heteroatoms. The van der Waals surface area contributed by atoms with Gasteiger partial charge in [0.2, 0.25) is 0 Å². The van der Waals surface area contributed by atoms with Crippen molar-refractivity contribution in [3.8, 4) is 11.4 Å². The van der Waals surface area contributed by atoms with Gasteiger partial charge in [-0.2, -0.15) is 0 Å². The molecule has 2 aromatic carbocycles. The fraction of sp³-hybridized carbons (Fsp3) is 0.320. The first kappa shape index (κ1) is 18.8. The largest absolute Gasteiger partial charge is 0.497 e. The molecule has 1 unspecified atom stereocenters. The summed E-state index contributed by atoms with van der Waals surface area (Å²) < 4.78 is 7.73. The molecule has 0 aliphatic carbocycles. The monoisotopic (exact) mass is 401 g/mol. The molecule has 2 aliphatic rings. The highest BCUT2D eigenvalue weighted by molar-refractivity contribution is 5.94. The number of amides is 1. The van der Waals surface area contributed by atoms with Gasteiger partial charge in [0.25, 0.3) is 5.91 Å². The van der Waals surface area contributed by atoms with Gasteiger partial charge in [-0.1, -0.05) is 17.7 Å². The predicted octanol–water partition coefficient (Wildman–Crippen LogP) is 4.74. The second-order valence-electron chi connectivity index (χ2n) is 8.37. The molecule has 1 spiro atoms. The van der Waals surface area contributed by atoms with Crippen molar-refractivity contribution < 1.29 is 9.53 Å². The first-order valence-electron chi connectivity index (χ1n) is 10.6. The average molecular weight is 402 g/mol. The van der Waals surface area contributed by atoms with E-state index >= 15 is 0 Å². The summed E-state index contributed by atoms with van der Waals surface area (Å²) in [5, 5.41) is 3.84. The molecule has 5 rings (SSSR count). The lowest BCUT2D eigenvalue weighted by molar-refractivity contribution is 0.0759. The molecule has 1 atom stereocenters. The van der Waals surface area contributed by atoms with Gasteiger partial charge < -0.3 is 19.5 Å². The third kappa shape index (κ3) is 3.05. The van der Waals surface area contributed by atoms with Gasteiger partial charge >= 0.3 is 0 Å². The minimum Gasteiger partial charge on any atom is -0.497 e. The van der Waals surface area contributed by atoms with Crippen LogP contribution in [0.3, 0.4) is 0 Å². The standard InChI is InChI=1S/C25H27N3O2/c1-18-6-8-19(9-7-18)24(29)27-14-4-12-25(13-16-27)23-5-3-15-28(23)22-11-10-20(30-2)17-21(22)26-25/h3,5-11,15,17,26H,4,12-14,16H2,1-2H3. The summed E-state index contributed by atoms with van der Waals surface area (Å²) in [6.45, 7) is 3.55. The zero-order valence-electron chi connectivity index (χ0n) is 17.5. The highest BCUT2D eigenvalue weighted by atomic mass is 16.5. The number of anilines is 1. The van der Waals surface area contributed by atoms with Crippen LogP contribution in [0.2, 0.25) is 0 Å². The van der Waals surface area contributed by atoms with Gasteiger partial charge in [-0.05, 0) is 62.6 Å². The molecule has 0 radical (unpaired) electrons. The predicted molar refractivity (Wildman–Crippen MR) is 119 cm³/mol. The van der Waals surface area contributed by atoms with Crippen LogP contribution >= 0.6 is 0 Å². The van der Waals surface area contributed by atoms with Gasteiger partial charge in [-0.15, -0.1) is 0 Å². The molecule has 154 valence electrons. The Hall–Kier alpha value is -3.21. The Labute approximate surface area is 177 Å². The maximum absolute atomic E-state index is 13.1. The third-order valence-corrected chi connectivity index (χ3v) is 6.50. The Morgan fingerprint density at radius 2 is 1.90 bits per heavy atom. The van der Waals surface area contributed by atoms with Crippen molar-refractivity contribution in [3.63, 3.8) is 0 Å². The highest BCUT2D eigenvalue weighted by Crippen LogP contribution is 2.44. The number of nitrogens with zero attached hydrogens (tertiary/aromatic N) is 2. The number of ether oxygens (including phenoxy) is 1. The first-order chi connectivity index (χ1) is 14.6. The van der Waals surface area contributed by atoms with E-state index in [1.54, 1.807) is 7.11 Å². The average Bonchev–Trinajstić information content (AvgIpc) is 3.18. The van der Waals surface area contributed by atoms with Gasteiger partial charge in [0.1, 0.15) is 5.75 Å². The van der Waals surface area contributed by atoms with Crippen molar-refractivity contribution >= 4 is 11.6 Å². The minimum absolute atomic E-state index is 0.125. The van der Waals surface area contributed by atoms with Crippen molar-refractivity contribution in [2.24, 2.45) is 0 Å². The van der Waals surface area contributed by atoms with E-state index in [-0.39, 0.29) is 11.4 Å². The summed E-state index contributed by atoms with van der Waals surface area (Å²) in [7, 11) is 1.70. The Kier molecular flexibility index (Phi) is 4.54. The molecule has 30 heavy (non-hydrogen) atoms. The molecule has 3 aromatic rings. The van der Waals surface area contributed by atoms with Crippen molar-refractivity contribution in [1.29, 1.82) is 0 Å². The lowest BCUT2D eigenvalue weighted by Crippen LogP contribution is -2.41. The van der Waals surface area contributed by atoms with Crippen LogP contribution in [0, 0.1) is 6.92 Å². The summed E-state index contributed by atoms with van der Waals surface area (Å²) in [5.74, 6) is 0.970. The smallest absolute Gasteiger partial charge is 0.253 e. The highest BCUT2D eigenvalue weighted by Gasteiger charge is 2.40. The third-order valence-electron chi connectivity index (χ3n) is 6.50. The van der Waals surface area contributed by atoms with Crippen LogP contribution in [0.25, 0.3) is 5.69 Å². The van der Waals surface area contributed by atoms with E-state index < -0.39 is 0 Å². The molecule has 1 N–H and O–H groups in total. The second kappa shape index (κ2) is 7.24. The number of carbonyl (C=O) groups excluding carboxylic acids is 1. The van der Waals surface area contributed by atoms with E-state index in [1.807, 2.05) is 42.2 Å². The molecule has 5 nitrogen and oxygen atoms in total. The van der Waals surface area contributed by atoms with E-state index in [4.69, 9.17) is 4.74 Å². The number of methoxy groups -OCH3 is 1. The van der Waals surface area contributed by atoms with Gasteiger partial charge in [-0.3, -0.25) is 4.79 Å². The number of aryl methyl sites for hydroxylation is 1. The van der Waals surface area contributed by atoms with E-state index in [9.17, 15) is 4.79 Å². The molecular weight excluding hydrogens is 374 g/mol. The van der Waals surface area contributed by atoms with Crippen molar-refractivity contribution in [3.05, 3.63) is 77.6 Å². The number of benzene rings is 2. The van der Waals surface area contributed by atoms with Gasteiger partial charge in [0.15, 0.2) is 0 Å². The van der Waals surface area contributed by atoms with Crippen LogP contribution < -0.4 is 10.1 Å². The normalized spacial score (nSPS) is 20.1. The van der Waals surface area contributed by atoms with Crippen LogP contribution in [-0.4, -0.2) is 35.6 Å². The van der Waals surface area contributed by atoms with Crippen LogP contribution in [0.5, 0.6) is 5.75 Å². The zero-order chi connectivity index (χ0) is 20.7. The van der Waals surface area contributed by atoms with Crippen molar-refractivity contribution in [1.82, 2.24) is 9.47 Å². The number of rotatable bonds is 2. The number of hydrogen-bond acceptors (Lipinski definition) is 3. The summed E-state index contributed by atoms with van der Waals surface area (Å²) in [4.78, 5) is 15.1. The quantitative estimate of drug-likeness (QED) is 0.675. The Bertz CT molecular complexity index is 1090. The van der Waals surface area contributed by atoms with E-state index in [2.05, 4.69) is 40.3 Å². The number of fused-ring (bicyclic) bond motifs is 4. The zero-order valence-corrected chi connectivity index (χ0v) is 17.5. The fourth-order valence-electron chi connectivity index (χ4n) is 4.85. The van der Waals surface area contributed by atoms with Crippen LogP contribution in [-0.2, 0) is 5.54 Å². The lowest BCUT2D eigenvalue weighted by Gasteiger charge is -2.40. The van der Waals surface area contributed by atoms with Crippen molar-refractivity contribution in [2.45, 2.75) is 31.7 Å². The molecule has 1 aromatic heterocycles.